The zero-order valence-corrected chi connectivity index (χ0v) is 17.9. The summed E-state index contributed by atoms with van der Waals surface area (Å²) in [4.78, 5) is 1.82. The molecule has 0 N–H and O–H groups in total. The quantitative estimate of drug-likeness (QED) is 0.560. The van der Waals surface area contributed by atoms with Gasteiger partial charge in [-0.05, 0) is 22.7 Å². The van der Waals surface area contributed by atoms with Crippen molar-refractivity contribution in [2.45, 2.75) is 6.92 Å². The zero-order valence-electron chi connectivity index (χ0n) is 15.3. The van der Waals surface area contributed by atoms with Crippen molar-refractivity contribution in [3.8, 4) is 0 Å². The first-order chi connectivity index (χ1) is 12.8. The molecule has 6 nitrogen and oxygen atoms in total. The van der Waals surface area contributed by atoms with E-state index in [0.29, 0.717) is 17.8 Å². The molecule has 0 aliphatic carbocycles. The second kappa shape index (κ2) is 7.54. The molecule has 1 aromatic heterocycles. The molecule has 0 atom stereocenters. The summed E-state index contributed by atoms with van der Waals surface area (Å²) in [5.41, 5.74) is 0.532. The predicted molar refractivity (Wildman–Crippen MR) is 115 cm³/mol. The van der Waals surface area contributed by atoms with Crippen LogP contribution < -0.4 is 20.9 Å². The smallest absolute Gasteiger partial charge is 0.254 e. The van der Waals surface area contributed by atoms with E-state index in [1.807, 2.05) is 79.5 Å². The first-order valence-corrected chi connectivity index (χ1v) is 13.0. The molecule has 1 heterocycles. The summed E-state index contributed by atoms with van der Waals surface area (Å²) in [6.45, 7) is 2.53. The maximum absolute atomic E-state index is 12.3. The minimum atomic E-state index is -3.62. The second-order valence-electron chi connectivity index (χ2n) is 6.14. The van der Waals surface area contributed by atoms with Gasteiger partial charge in [-0.3, -0.25) is 0 Å². The number of rotatable bonds is 6. The van der Waals surface area contributed by atoms with Crippen molar-refractivity contribution >= 4 is 49.7 Å². The Morgan fingerprint density at radius 2 is 1.52 bits per heavy atom. The van der Waals surface area contributed by atoms with Gasteiger partial charge in [-0.25, -0.2) is 8.42 Å². The van der Waals surface area contributed by atoms with Crippen molar-refractivity contribution in [3.05, 3.63) is 60.7 Å². The lowest BCUT2D eigenvalue weighted by atomic mass is 10.4. The molecular weight excluding hydrogens is 399 g/mol. The van der Waals surface area contributed by atoms with Crippen LogP contribution in [-0.4, -0.2) is 42.7 Å². The van der Waals surface area contributed by atoms with Gasteiger partial charge in [0.05, 0.1) is 12.3 Å². The Morgan fingerprint density at radius 1 is 1.04 bits per heavy atom. The van der Waals surface area contributed by atoms with E-state index < -0.39 is 16.1 Å². The molecule has 3 aromatic rings. The van der Waals surface area contributed by atoms with Gasteiger partial charge in [0.15, 0.2) is 5.82 Å². The molecule has 2 aromatic carbocycles. The number of aromatic nitrogens is 3. The van der Waals surface area contributed by atoms with Crippen LogP contribution in [0.1, 0.15) is 6.92 Å². The van der Waals surface area contributed by atoms with Gasteiger partial charge in [0.25, 0.3) is 10.0 Å². The molecule has 142 valence electrons. The maximum atomic E-state index is 12.3. The minimum Gasteiger partial charge on any atom is -0.357 e. The summed E-state index contributed by atoms with van der Waals surface area (Å²) in [6, 6.07) is 16.9. The fourth-order valence-electron chi connectivity index (χ4n) is 2.82. The Kier molecular flexibility index (Phi) is 5.51. The highest BCUT2D eigenvalue weighted by Gasteiger charge is 2.35. The molecule has 3 rings (SSSR count). The Balaban J connectivity index is 2.39. The Morgan fingerprint density at radius 3 is 1.93 bits per heavy atom. The van der Waals surface area contributed by atoms with Crippen LogP contribution in [0.25, 0.3) is 0 Å². The number of benzene rings is 2. The van der Waals surface area contributed by atoms with Crippen LogP contribution in [-0.2, 0) is 21.8 Å². The molecule has 0 unspecified atom stereocenters. The van der Waals surface area contributed by atoms with Crippen molar-refractivity contribution in [3.63, 3.8) is 0 Å². The zero-order chi connectivity index (χ0) is 19.7. The maximum Gasteiger partial charge on any atom is 0.254 e. The average Bonchev–Trinajstić information content (AvgIpc) is 3.14. The summed E-state index contributed by atoms with van der Waals surface area (Å²) in [6.07, 6.45) is 1.12. The van der Waals surface area contributed by atoms with Gasteiger partial charge in [0, 0.05) is 13.6 Å². The number of nitrogens with zero attached hydrogens (tertiary/aromatic N) is 4. The largest absolute Gasteiger partial charge is 0.357 e. The van der Waals surface area contributed by atoms with Crippen LogP contribution in [0.5, 0.6) is 0 Å². The summed E-state index contributed by atoms with van der Waals surface area (Å²) < 4.78 is 25.6. The summed E-state index contributed by atoms with van der Waals surface area (Å²) in [7, 11) is -1.80. The van der Waals surface area contributed by atoms with Gasteiger partial charge in [-0.2, -0.15) is 0 Å². The molecule has 0 fully saturated rings. The van der Waals surface area contributed by atoms with Crippen LogP contribution in [0.4, 0.5) is 5.82 Å². The normalized spacial score (nSPS) is 12.1. The third-order valence-electron chi connectivity index (χ3n) is 4.29. The molecule has 0 saturated heterocycles. The molecule has 0 amide bonds. The highest BCUT2D eigenvalue weighted by molar-refractivity contribution is 8.25. The van der Waals surface area contributed by atoms with E-state index in [0.717, 1.165) is 21.0 Å². The lowest BCUT2D eigenvalue weighted by molar-refractivity contribution is 0.583. The van der Waals surface area contributed by atoms with Crippen molar-refractivity contribution < 1.29 is 8.42 Å². The van der Waals surface area contributed by atoms with E-state index in [4.69, 9.17) is 11.8 Å². The minimum absolute atomic E-state index is 0.427. The average molecular weight is 421 g/mol. The standard InChI is InChI=1S/C18H21N4O2PS2/c1-4-21(2)18-17(19-20-22(18)27(3,23)24)25(26,15-11-7-5-8-12-15)16-13-9-6-10-14-16/h5-14H,4H2,1-3H3. The van der Waals surface area contributed by atoms with E-state index in [-0.39, 0.29) is 0 Å². The topological polar surface area (TPSA) is 68.1 Å². The molecule has 9 heteroatoms. The summed E-state index contributed by atoms with van der Waals surface area (Å²) >= 11 is 6.27. The van der Waals surface area contributed by atoms with Crippen LogP contribution in [0.15, 0.2) is 60.7 Å². The monoisotopic (exact) mass is 420 g/mol. The van der Waals surface area contributed by atoms with Crippen molar-refractivity contribution in [2.24, 2.45) is 0 Å². The van der Waals surface area contributed by atoms with E-state index in [2.05, 4.69) is 10.3 Å². The van der Waals surface area contributed by atoms with E-state index in [9.17, 15) is 8.42 Å². The van der Waals surface area contributed by atoms with Crippen LogP contribution in [0.2, 0.25) is 0 Å². The van der Waals surface area contributed by atoms with Crippen molar-refractivity contribution in [2.75, 3.05) is 24.7 Å². The Labute approximate surface area is 164 Å². The van der Waals surface area contributed by atoms with Crippen molar-refractivity contribution in [1.29, 1.82) is 0 Å². The number of anilines is 1. The summed E-state index contributed by atoms with van der Waals surface area (Å²) in [5, 5.41) is 10.2. The van der Waals surface area contributed by atoms with Crippen LogP contribution >= 0.6 is 6.04 Å². The lowest BCUT2D eigenvalue weighted by Gasteiger charge is -2.25. The van der Waals surface area contributed by atoms with Gasteiger partial charge >= 0.3 is 0 Å². The van der Waals surface area contributed by atoms with E-state index in [1.54, 1.807) is 0 Å². The third-order valence-corrected chi connectivity index (χ3v) is 9.88. The van der Waals surface area contributed by atoms with Gasteiger partial charge in [0.2, 0.25) is 0 Å². The molecule has 0 aliphatic heterocycles. The molecule has 0 radical (unpaired) electrons. The van der Waals surface area contributed by atoms with Gasteiger partial charge < -0.3 is 4.90 Å². The van der Waals surface area contributed by atoms with Gasteiger partial charge in [-0.1, -0.05) is 72.5 Å². The SMILES string of the molecule is CCN(C)c1c(P(=S)(c2ccccc2)c2ccccc2)nnn1S(C)(=O)=O. The summed E-state index contributed by atoms with van der Waals surface area (Å²) in [5.74, 6) is 0.427. The predicted octanol–water partition coefficient (Wildman–Crippen LogP) is 1.30. The molecule has 0 saturated carbocycles. The highest BCUT2D eigenvalue weighted by Crippen LogP contribution is 2.44. The third kappa shape index (κ3) is 3.57. The molecule has 27 heavy (non-hydrogen) atoms. The fraction of sp³-hybridized carbons (Fsp3) is 0.222. The molecule has 0 spiro atoms. The highest BCUT2D eigenvalue weighted by atomic mass is 32.4. The lowest BCUT2D eigenvalue weighted by Crippen LogP contribution is -2.32. The first-order valence-electron chi connectivity index (χ1n) is 8.39. The number of hydrogen-bond acceptors (Lipinski definition) is 6. The van der Waals surface area contributed by atoms with E-state index >= 15 is 0 Å². The molecule has 0 bridgehead atoms. The van der Waals surface area contributed by atoms with Gasteiger partial charge in [0.1, 0.15) is 5.44 Å². The Bertz CT molecular complexity index is 1040. The van der Waals surface area contributed by atoms with E-state index in [1.165, 1.54) is 0 Å². The van der Waals surface area contributed by atoms with Crippen LogP contribution in [0.3, 0.4) is 0 Å². The fourth-order valence-corrected chi connectivity index (χ4v) is 7.36. The molecular formula is C18H21N4O2PS2. The second-order valence-corrected chi connectivity index (χ2v) is 12.3. The van der Waals surface area contributed by atoms with Gasteiger partial charge in [-0.15, -0.1) is 9.19 Å². The molecule has 0 aliphatic rings. The first kappa shape index (κ1) is 19.7. The number of hydrogen-bond donors (Lipinski definition) is 0. The van der Waals surface area contributed by atoms with Crippen LogP contribution in [0, 0.1) is 0 Å². The Hall–Kier alpha value is -2.02. The van der Waals surface area contributed by atoms with Crippen molar-refractivity contribution in [1.82, 2.24) is 14.4 Å².